The van der Waals surface area contributed by atoms with Crippen LogP contribution in [0.2, 0.25) is 0 Å². The molecular formula is C26H25F3N4O4. The molecule has 37 heavy (non-hydrogen) atoms. The molecule has 2 aliphatic rings. The second-order valence-electron chi connectivity index (χ2n) is 9.54. The standard InChI is InChI=1S/C24H24N4O2.C2HF3O2/c25-14-23(12-13-23)28-22(30)24(10-4-1-5-11-24)19-17(21(26)29)9-8-16-15-6-2-3-7-18(15)27-20(16)19;3-2(4,5)1(6)7/h2-3,6-9,27H,1,4-5,10-13H2,(H2,26,29)(H,28,30);(H,6,7). The number of nitriles is 1. The van der Waals surface area contributed by atoms with E-state index in [1.807, 2.05) is 30.3 Å². The fourth-order valence-electron chi connectivity index (χ4n) is 5.09. The van der Waals surface area contributed by atoms with Crippen LogP contribution in [-0.4, -0.2) is 39.6 Å². The SMILES string of the molecule is N#CC1(NC(=O)C2(c3c(C(N)=O)ccc4c3[nH]c3ccccc34)CCCCC2)CC1.O=C(O)C(F)(F)F. The number of rotatable bonds is 4. The number of amides is 2. The summed E-state index contributed by atoms with van der Waals surface area (Å²) in [6.45, 7) is 0. The van der Waals surface area contributed by atoms with Crippen LogP contribution in [0.3, 0.4) is 0 Å². The second-order valence-corrected chi connectivity index (χ2v) is 9.54. The van der Waals surface area contributed by atoms with E-state index in [0.29, 0.717) is 36.8 Å². The molecule has 0 atom stereocenters. The topological polar surface area (TPSA) is 149 Å². The first-order chi connectivity index (χ1) is 17.4. The zero-order valence-electron chi connectivity index (χ0n) is 19.7. The number of alkyl halides is 3. The molecule has 194 valence electrons. The molecule has 2 aliphatic carbocycles. The fourth-order valence-corrected chi connectivity index (χ4v) is 5.09. The van der Waals surface area contributed by atoms with Crippen LogP contribution in [0, 0.1) is 11.3 Å². The summed E-state index contributed by atoms with van der Waals surface area (Å²) in [5, 5.41) is 21.7. The van der Waals surface area contributed by atoms with Crippen LogP contribution in [0.15, 0.2) is 36.4 Å². The lowest BCUT2D eigenvalue weighted by molar-refractivity contribution is -0.192. The minimum absolute atomic E-state index is 0.157. The number of primary amides is 1. The number of fused-ring (bicyclic) bond motifs is 3. The zero-order chi connectivity index (χ0) is 27.0. The monoisotopic (exact) mass is 514 g/mol. The lowest BCUT2D eigenvalue weighted by atomic mass is 9.66. The fraction of sp³-hybridized carbons (Fsp3) is 0.385. The van der Waals surface area contributed by atoms with E-state index in [-0.39, 0.29) is 5.91 Å². The molecule has 2 saturated carbocycles. The molecule has 0 aliphatic heterocycles. The van der Waals surface area contributed by atoms with E-state index in [2.05, 4.69) is 16.4 Å². The molecule has 2 fully saturated rings. The number of para-hydroxylation sites is 1. The maximum absolute atomic E-state index is 13.7. The van der Waals surface area contributed by atoms with Crippen molar-refractivity contribution in [2.75, 3.05) is 0 Å². The molecule has 0 bridgehead atoms. The predicted octanol–water partition coefficient (Wildman–Crippen LogP) is 4.43. The first-order valence-electron chi connectivity index (χ1n) is 11.8. The lowest BCUT2D eigenvalue weighted by Crippen LogP contribution is -2.50. The quantitative estimate of drug-likeness (QED) is 0.406. The summed E-state index contributed by atoms with van der Waals surface area (Å²) >= 11 is 0. The number of carboxylic acids is 1. The number of nitrogens with zero attached hydrogens (tertiary/aromatic N) is 1. The molecule has 5 N–H and O–H groups in total. The van der Waals surface area contributed by atoms with E-state index in [4.69, 9.17) is 15.6 Å². The molecule has 2 aromatic carbocycles. The Hall–Kier alpha value is -4.07. The molecule has 5 rings (SSSR count). The van der Waals surface area contributed by atoms with Gasteiger partial charge in [-0.05, 0) is 37.8 Å². The average molecular weight is 515 g/mol. The maximum atomic E-state index is 13.7. The summed E-state index contributed by atoms with van der Waals surface area (Å²) in [7, 11) is 0. The molecular weight excluding hydrogens is 489 g/mol. The minimum Gasteiger partial charge on any atom is -0.475 e. The van der Waals surface area contributed by atoms with E-state index >= 15 is 0 Å². The third-order valence-electron chi connectivity index (χ3n) is 7.13. The molecule has 8 nitrogen and oxygen atoms in total. The molecule has 0 saturated heterocycles. The second kappa shape index (κ2) is 9.42. The number of H-pyrrole nitrogens is 1. The van der Waals surface area contributed by atoms with Gasteiger partial charge >= 0.3 is 12.1 Å². The Kier molecular flexibility index (Phi) is 6.62. The van der Waals surface area contributed by atoms with Crippen molar-refractivity contribution >= 4 is 39.6 Å². The number of carboxylic acid groups (broad SMARTS) is 1. The zero-order valence-corrected chi connectivity index (χ0v) is 19.7. The lowest BCUT2D eigenvalue weighted by Gasteiger charge is -2.38. The van der Waals surface area contributed by atoms with Crippen molar-refractivity contribution < 1.29 is 32.7 Å². The van der Waals surface area contributed by atoms with Crippen molar-refractivity contribution in [3.05, 3.63) is 47.5 Å². The average Bonchev–Trinajstić information content (AvgIpc) is 3.54. The van der Waals surface area contributed by atoms with Gasteiger partial charge in [-0.1, -0.05) is 43.5 Å². The number of nitrogens with one attached hydrogen (secondary N) is 2. The van der Waals surface area contributed by atoms with Gasteiger partial charge in [0.15, 0.2) is 0 Å². The molecule has 1 heterocycles. The molecule has 0 radical (unpaired) electrons. The Bertz CT molecular complexity index is 1430. The number of aromatic nitrogens is 1. The number of aliphatic carboxylic acids is 1. The number of hydrogen-bond acceptors (Lipinski definition) is 4. The van der Waals surface area contributed by atoms with Gasteiger partial charge in [-0.25, -0.2) is 4.79 Å². The van der Waals surface area contributed by atoms with Gasteiger partial charge in [0.05, 0.1) is 17.0 Å². The molecule has 11 heteroatoms. The van der Waals surface area contributed by atoms with Crippen molar-refractivity contribution in [3.8, 4) is 6.07 Å². The van der Waals surface area contributed by atoms with Crippen LogP contribution in [0.4, 0.5) is 13.2 Å². The van der Waals surface area contributed by atoms with Crippen molar-refractivity contribution in [2.24, 2.45) is 5.73 Å². The number of benzene rings is 2. The van der Waals surface area contributed by atoms with Crippen molar-refractivity contribution in [1.29, 1.82) is 5.26 Å². The van der Waals surface area contributed by atoms with Gasteiger partial charge in [0.25, 0.3) is 0 Å². The van der Waals surface area contributed by atoms with Gasteiger partial charge in [-0.2, -0.15) is 18.4 Å². The molecule has 0 unspecified atom stereocenters. The number of halogens is 3. The molecule has 2 amide bonds. The Morgan fingerprint density at radius 1 is 1.00 bits per heavy atom. The van der Waals surface area contributed by atoms with Crippen molar-refractivity contribution in [3.63, 3.8) is 0 Å². The van der Waals surface area contributed by atoms with Gasteiger partial charge in [0.2, 0.25) is 11.8 Å². The van der Waals surface area contributed by atoms with Gasteiger partial charge in [-0.15, -0.1) is 0 Å². The third-order valence-corrected chi connectivity index (χ3v) is 7.13. The summed E-state index contributed by atoms with van der Waals surface area (Å²) in [6.07, 6.45) is 0.357. The van der Waals surface area contributed by atoms with Gasteiger partial charge in [-0.3, -0.25) is 9.59 Å². The Morgan fingerprint density at radius 2 is 1.62 bits per heavy atom. The van der Waals surface area contributed by atoms with E-state index in [1.165, 1.54) is 0 Å². The van der Waals surface area contributed by atoms with Crippen LogP contribution < -0.4 is 11.1 Å². The predicted molar refractivity (Wildman–Crippen MR) is 128 cm³/mol. The number of aromatic amines is 1. The first kappa shape index (κ1) is 26.0. The maximum Gasteiger partial charge on any atom is 0.490 e. The highest BCUT2D eigenvalue weighted by molar-refractivity contribution is 6.13. The van der Waals surface area contributed by atoms with E-state index < -0.39 is 29.0 Å². The van der Waals surface area contributed by atoms with Crippen LogP contribution in [0.25, 0.3) is 21.8 Å². The van der Waals surface area contributed by atoms with Gasteiger partial charge in [0, 0.05) is 27.4 Å². The largest absolute Gasteiger partial charge is 0.490 e. The van der Waals surface area contributed by atoms with Gasteiger partial charge < -0.3 is 21.1 Å². The summed E-state index contributed by atoms with van der Waals surface area (Å²) in [4.78, 5) is 38.6. The van der Waals surface area contributed by atoms with E-state index in [9.17, 15) is 28.0 Å². The smallest absolute Gasteiger partial charge is 0.475 e. The van der Waals surface area contributed by atoms with Crippen molar-refractivity contribution in [2.45, 2.75) is 62.1 Å². The van der Waals surface area contributed by atoms with Crippen LogP contribution in [0.1, 0.15) is 60.9 Å². The summed E-state index contributed by atoms with van der Waals surface area (Å²) in [5.41, 5.74) is 6.98. The Balaban J connectivity index is 0.000000405. The molecule has 3 aromatic rings. The van der Waals surface area contributed by atoms with E-state index in [1.54, 1.807) is 6.07 Å². The number of carbonyl (C=O) groups excluding carboxylic acids is 2. The van der Waals surface area contributed by atoms with E-state index in [0.717, 1.165) is 41.1 Å². The minimum atomic E-state index is -5.08. The summed E-state index contributed by atoms with van der Waals surface area (Å²) in [5.74, 6) is -3.45. The highest BCUT2D eigenvalue weighted by Gasteiger charge is 2.51. The number of hydrogen-bond donors (Lipinski definition) is 4. The number of carbonyl (C=O) groups is 3. The van der Waals surface area contributed by atoms with Crippen LogP contribution in [-0.2, 0) is 15.0 Å². The van der Waals surface area contributed by atoms with Crippen LogP contribution >= 0.6 is 0 Å². The molecule has 1 aromatic heterocycles. The Morgan fingerprint density at radius 3 is 2.16 bits per heavy atom. The summed E-state index contributed by atoms with van der Waals surface area (Å²) < 4.78 is 31.7. The van der Waals surface area contributed by atoms with Crippen LogP contribution in [0.5, 0.6) is 0 Å². The van der Waals surface area contributed by atoms with Crippen molar-refractivity contribution in [1.82, 2.24) is 10.3 Å². The van der Waals surface area contributed by atoms with Gasteiger partial charge in [0.1, 0.15) is 5.54 Å². The summed E-state index contributed by atoms with van der Waals surface area (Å²) in [6, 6.07) is 13.9. The normalized spacial score (nSPS) is 17.8. The highest BCUT2D eigenvalue weighted by atomic mass is 19.4. The highest BCUT2D eigenvalue weighted by Crippen LogP contribution is 2.46. The molecule has 0 spiro atoms. The third kappa shape index (κ3) is 4.83. The number of nitrogens with two attached hydrogens (primary N) is 1. The Labute approximate surface area is 209 Å². The first-order valence-corrected chi connectivity index (χ1v) is 11.8.